The fourth-order valence-corrected chi connectivity index (χ4v) is 5.67. The van der Waals surface area contributed by atoms with Crippen LogP contribution in [0.25, 0.3) is 10.8 Å². The standard InChI is InChI=1S/C26H29BrF2N3O9P/c1-14(2)39-21(34)15(3)32(41-19-11-7-9-16-8-5-6-10-17(16)19)42(37)38-13-26(29)22(35)25(4,28)23(40-26)31-12-18(27)20(33)30-24(31)36/h5-12,14-15,22-23,35,42H,13H2,1-4H3,(H,30,33,36)/t15?,22-,23+,25+,26+/m0/s1. The number of halogens is 3. The number of nitrogens with one attached hydrogen (secondary N) is 1. The van der Waals surface area contributed by atoms with Crippen LogP contribution in [0.15, 0.2) is 62.7 Å². The van der Waals surface area contributed by atoms with Crippen molar-refractivity contribution >= 4 is 40.9 Å². The highest BCUT2D eigenvalue weighted by molar-refractivity contribution is 9.10. The molecule has 6 atom stereocenters. The number of benzene rings is 2. The van der Waals surface area contributed by atoms with Crippen LogP contribution in [0, 0.1) is 0 Å². The van der Waals surface area contributed by atoms with Gasteiger partial charge < -0.3 is 23.9 Å². The number of carbonyl (C=O) groups is 1. The molecular formula is C26H29BrF2N3O9P. The number of ether oxygens (including phenoxy) is 2. The maximum atomic E-state index is 15.9. The van der Waals surface area contributed by atoms with Crippen molar-refractivity contribution in [3.8, 4) is 5.75 Å². The number of fused-ring (bicyclic) bond motifs is 1. The molecule has 1 fully saturated rings. The number of esters is 1. The first-order valence-corrected chi connectivity index (χ1v) is 14.8. The van der Waals surface area contributed by atoms with E-state index in [0.717, 1.165) is 18.5 Å². The van der Waals surface area contributed by atoms with E-state index in [0.29, 0.717) is 14.8 Å². The summed E-state index contributed by atoms with van der Waals surface area (Å²) in [4.78, 5) is 45.2. The van der Waals surface area contributed by atoms with Gasteiger partial charge in [0.25, 0.3) is 19.6 Å². The lowest BCUT2D eigenvalue weighted by Crippen LogP contribution is -2.47. The highest BCUT2D eigenvalue weighted by Crippen LogP contribution is 2.48. The molecule has 0 saturated carbocycles. The van der Waals surface area contributed by atoms with Gasteiger partial charge in [-0.15, -0.1) is 0 Å². The molecule has 1 saturated heterocycles. The molecule has 12 nitrogen and oxygen atoms in total. The monoisotopic (exact) mass is 675 g/mol. The molecule has 16 heteroatoms. The van der Waals surface area contributed by atoms with Gasteiger partial charge in [-0.1, -0.05) is 41.2 Å². The highest BCUT2D eigenvalue weighted by Gasteiger charge is 2.65. The molecular weight excluding hydrogens is 647 g/mol. The van der Waals surface area contributed by atoms with Crippen molar-refractivity contribution in [2.45, 2.75) is 63.7 Å². The number of alkyl halides is 2. The van der Waals surface area contributed by atoms with Gasteiger partial charge in [0.1, 0.15) is 12.6 Å². The van der Waals surface area contributed by atoms with Crippen LogP contribution in [0.1, 0.15) is 33.9 Å². The Balaban J connectivity index is 1.60. The normalized spacial score (nSPS) is 25.6. The van der Waals surface area contributed by atoms with Crippen molar-refractivity contribution in [3.63, 3.8) is 0 Å². The van der Waals surface area contributed by atoms with Crippen LogP contribution in [0.2, 0.25) is 0 Å². The van der Waals surface area contributed by atoms with Crippen molar-refractivity contribution in [1.29, 1.82) is 0 Å². The largest absolute Gasteiger partial charge is 0.462 e. The summed E-state index contributed by atoms with van der Waals surface area (Å²) in [5.74, 6) is -3.94. The van der Waals surface area contributed by atoms with Gasteiger partial charge in [0.15, 0.2) is 23.8 Å². The van der Waals surface area contributed by atoms with Crippen molar-refractivity contribution in [2.75, 3.05) is 6.61 Å². The number of aromatic amines is 1. The molecule has 42 heavy (non-hydrogen) atoms. The third-order valence-electron chi connectivity index (χ3n) is 6.47. The number of aliphatic hydroxyl groups is 1. The number of aromatic nitrogens is 2. The van der Waals surface area contributed by atoms with Crippen LogP contribution in [-0.4, -0.2) is 61.8 Å². The zero-order valence-electron chi connectivity index (χ0n) is 22.9. The second kappa shape index (κ2) is 12.3. The lowest BCUT2D eigenvalue weighted by atomic mass is 9.97. The van der Waals surface area contributed by atoms with Crippen molar-refractivity contribution in [3.05, 3.63) is 74.0 Å². The van der Waals surface area contributed by atoms with Gasteiger partial charge in [0.05, 0.1) is 10.6 Å². The number of hydroxylamine groups is 1. The smallest absolute Gasteiger partial charge is 0.330 e. The molecule has 0 bridgehead atoms. The third kappa shape index (κ3) is 6.36. The average Bonchev–Trinajstić information content (AvgIpc) is 3.11. The molecule has 1 aromatic heterocycles. The van der Waals surface area contributed by atoms with E-state index in [1.54, 1.807) is 44.2 Å². The summed E-state index contributed by atoms with van der Waals surface area (Å²) in [5, 5.41) is 11.9. The number of nitrogens with zero attached hydrogens (tertiary/aromatic N) is 2. The Labute approximate surface area is 247 Å². The Morgan fingerprint density at radius 2 is 1.88 bits per heavy atom. The predicted octanol–water partition coefficient (Wildman–Crippen LogP) is 3.78. The number of rotatable bonds is 10. The van der Waals surface area contributed by atoms with E-state index in [1.807, 2.05) is 17.1 Å². The zero-order chi connectivity index (χ0) is 31.0. The number of hydrogen-bond donors (Lipinski definition) is 2. The second-order valence-electron chi connectivity index (χ2n) is 10.1. The van der Waals surface area contributed by atoms with Gasteiger partial charge >= 0.3 is 11.7 Å². The molecule has 2 aromatic carbocycles. The molecule has 3 aromatic rings. The molecule has 4 rings (SSSR count). The van der Waals surface area contributed by atoms with E-state index in [-0.39, 0.29) is 10.2 Å². The number of hydrogen-bond acceptors (Lipinski definition) is 9. The van der Waals surface area contributed by atoms with Crippen molar-refractivity contribution < 1.29 is 42.1 Å². The number of aliphatic hydroxyl groups excluding tert-OH is 1. The second-order valence-corrected chi connectivity index (χ2v) is 12.2. The molecule has 0 amide bonds. The molecule has 2 unspecified atom stereocenters. The van der Waals surface area contributed by atoms with Crippen LogP contribution in [0.4, 0.5) is 8.78 Å². The third-order valence-corrected chi connectivity index (χ3v) is 8.27. The summed E-state index contributed by atoms with van der Waals surface area (Å²) in [6, 6.07) is 10.8. The quantitative estimate of drug-likeness (QED) is 0.185. The van der Waals surface area contributed by atoms with Crippen LogP contribution in [0.5, 0.6) is 5.75 Å². The van der Waals surface area contributed by atoms with Gasteiger partial charge in [0.2, 0.25) is 0 Å². The summed E-state index contributed by atoms with van der Waals surface area (Å²) in [6.07, 6.45) is -4.22. The fourth-order valence-electron chi connectivity index (χ4n) is 4.30. The average molecular weight is 676 g/mol. The van der Waals surface area contributed by atoms with Crippen LogP contribution in [-0.2, 0) is 23.4 Å². The first-order chi connectivity index (χ1) is 19.7. The predicted molar refractivity (Wildman–Crippen MR) is 151 cm³/mol. The molecule has 0 spiro atoms. The van der Waals surface area contributed by atoms with Crippen LogP contribution in [0.3, 0.4) is 0 Å². The zero-order valence-corrected chi connectivity index (χ0v) is 25.5. The summed E-state index contributed by atoms with van der Waals surface area (Å²) >= 11 is 2.90. The van der Waals surface area contributed by atoms with E-state index in [9.17, 15) is 24.1 Å². The highest BCUT2D eigenvalue weighted by atomic mass is 79.9. The van der Waals surface area contributed by atoms with E-state index in [2.05, 4.69) is 15.9 Å². The summed E-state index contributed by atoms with van der Waals surface area (Å²) in [5.41, 5.74) is -4.86. The van der Waals surface area contributed by atoms with E-state index in [1.165, 1.54) is 6.92 Å². The molecule has 228 valence electrons. The molecule has 0 aliphatic carbocycles. The van der Waals surface area contributed by atoms with Crippen LogP contribution >= 0.6 is 24.1 Å². The molecule has 0 radical (unpaired) electrons. The molecule has 2 N–H and O–H groups in total. The fraction of sp³-hybridized carbons (Fsp3) is 0.423. The van der Waals surface area contributed by atoms with Crippen molar-refractivity contribution in [2.24, 2.45) is 0 Å². The Morgan fingerprint density at radius 1 is 1.21 bits per heavy atom. The maximum absolute atomic E-state index is 15.9. The van der Waals surface area contributed by atoms with Crippen LogP contribution < -0.4 is 16.1 Å². The topological polar surface area (TPSA) is 149 Å². The van der Waals surface area contributed by atoms with Gasteiger partial charge in [0, 0.05) is 11.6 Å². The number of carbonyl (C=O) groups excluding carboxylic acids is 1. The minimum atomic E-state index is -3.68. The Morgan fingerprint density at radius 3 is 2.57 bits per heavy atom. The summed E-state index contributed by atoms with van der Waals surface area (Å²) in [7, 11) is -3.68. The van der Waals surface area contributed by atoms with Gasteiger partial charge in [-0.3, -0.25) is 23.7 Å². The lowest BCUT2D eigenvalue weighted by molar-refractivity contribution is -0.204. The van der Waals surface area contributed by atoms with E-state index < -0.39 is 68.0 Å². The minimum Gasteiger partial charge on any atom is -0.462 e. The minimum absolute atomic E-state index is 0.183. The van der Waals surface area contributed by atoms with E-state index in [4.69, 9.17) is 18.8 Å². The Hall–Kier alpha value is -2.94. The Kier molecular flexibility index (Phi) is 9.40. The van der Waals surface area contributed by atoms with Gasteiger partial charge in [-0.05, 0) is 55.1 Å². The number of H-pyrrole nitrogens is 1. The van der Waals surface area contributed by atoms with Gasteiger partial charge in [-0.25, -0.2) is 13.6 Å². The molecule has 1 aliphatic heterocycles. The molecule has 2 heterocycles. The first-order valence-electron chi connectivity index (χ1n) is 12.7. The maximum Gasteiger partial charge on any atom is 0.330 e. The first kappa shape index (κ1) is 32.0. The molecule has 1 aliphatic rings. The summed E-state index contributed by atoms with van der Waals surface area (Å²) < 4.78 is 60.9. The SMILES string of the molecule is CC(C)OC(=O)C(C)N(Oc1cccc2ccccc12)[PH](=O)OC[C@@]1(F)O[C@@H](n2cc(Br)c(=O)[nH]c2=O)[C@](C)(F)[C@@H]1O. The Bertz CT molecular complexity index is 1610. The van der Waals surface area contributed by atoms with Crippen molar-refractivity contribution in [1.82, 2.24) is 14.4 Å². The lowest BCUT2D eigenvalue weighted by Gasteiger charge is -2.29. The summed E-state index contributed by atoms with van der Waals surface area (Å²) in [6.45, 7) is 4.06. The van der Waals surface area contributed by atoms with E-state index >= 15 is 8.78 Å². The van der Waals surface area contributed by atoms with Gasteiger partial charge in [-0.2, -0.15) is 0 Å².